The second-order valence-corrected chi connectivity index (χ2v) is 6.05. The van der Waals surface area contributed by atoms with Gasteiger partial charge in [0.25, 0.3) is 0 Å². The Balaban J connectivity index is 2.45. The van der Waals surface area contributed by atoms with E-state index in [2.05, 4.69) is 14.9 Å². The van der Waals surface area contributed by atoms with Gasteiger partial charge in [0.15, 0.2) is 0 Å². The number of nitrogens with one attached hydrogen (secondary N) is 1. The molecule has 1 rings (SSSR count). The number of carbonyl (C=O) groups is 1. The Hall–Kier alpha value is -1.41. The van der Waals surface area contributed by atoms with E-state index in [1.807, 2.05) is 0 Å². The van der Waals surface area contributed by atoms with Crippen LogP contribution in [0, 0.1) is 0 Å². The fourth-order valence-electron chi connectivity index (χ4n) is 1.38. The van der Waals surface area contributed by atoms with Crippen LogP contribution in [0.1, 0.15) is 18.4 Å². The molecule has 0 saturated heterocycles. The molecular formula is C10H17N3O4S. The van der Waals surface area contributed by atoms with Gasteiger partial charge in [0.05, 0.1) is 19.1 Å². The van der Waals surface area contributed by atoms with E-state index in [0.717, 1.165) is 5.56 Å². The lowest BCUT2D eigenvalue weighted by Gasteiger charge is -2.15. The van der Waals surface area contributed by atoms with Gasteiger partial charge in [-0.3, -0.25) is 9.89 Å². The number of ether oxygens (including phenoxy) is 1. The molecule has 0 amide bonds. The topological polar surface area (TPSA) is 92.4 Å². The number of sulfonamides is 1. The molecule has 0 aliphatic heterocycles. The predicted molar refractivity (Wildman–Crippen MR) is 65.1 cm³/mol. The van der Waals surface area contributed by atoms with Crippen molar-refractivity contribution in [2.24, 2.45) is 0 Å². The van der Waals surface area contributed by atoms with Crippen LogP contribution < -0.4 is 0 Å². The Labute approximate surface area is 106 Å². The van der Waals surface area contributed by atoms with E-state index in [1.165, 1.54) is 18.5 Å². The van der Waals surface area contributed by atoms with Crippen molar-refractivity contribution < 1.29 is 17.9 Å². The summed E-state index contributed by atoms with van der Waals surface area (Å²) in [5.41, 5.74) is 0.786. The van der Waals surface area contributed by atoms with E-state index < -0.39 is 16.0 Å². The molecule has 0 spiro atoms. The van der Waals surface area contributed by atoms with Crippen molar-refractivity contribution >= 4 is 16.0 Å². The summed E-state index contributed by atoms with van der Waals surface area (Å²) in [6.07, 6.45) is 3.57. The third kappa shape index (κ3) is 4.46. The molecule has 0 fully saturated rings. The number of esters is 1. The molecule has 0 unspecified atom stereocenters. The van der Waals surface area contributed by atoms with E-state index in [4.69, 9.17) is 0 Å². The Morgan fingerprint density at radius 1 is 1.56 bits per heavy atom. The van der Waals surface area contributed by atoms with Gasteiger partial charge in [-0.05, 0) is 6.42 Å². The molecule has 0 radical (unpaired) electrons. The van der Waals surface area contributed by atoms with Gasteiger partial charge < -0.3 is 4.74 Å². The first-order valence-electron chi connectivity index (χ1n) is 5.44. The van der Waals surface area contributed by atoms with Crippen LogP contribution in [0.2, 0.25) is 0 Å². The van der Waals surface area contributed by atoms with Crippen LogP contribution in [0.25, 0.3) is 0 Å². The Morgan fingerprint density at radius 2 is 2.28 bits per heavy atom. The fourth-order valence-corrected chi connectivity index (χ4v) is 2.54. The molecule has 102 valence electrons. The molecule has 1 N–H and O–H groups in total. The first kappa shape index (κ1) is 14.7. The SMILES string of the molecule is COC(=O)CCCS(=O)(=O)N(C)Cc1cn[nH]c1. The number of methoxy groups -OCH3 is 1. The highest BCUT2D eigenvalue weighted by Gasteiger charge is 2.18. The van der Waals surface area contributed by atoms with Crippen LogP contribution in [-0.2, 0) is 26.1 Å². The lowest BCUT2D eigenvalue weighted by Crippen LogP contribution is -2.29. The summed E-state index contributed by atoms with van der Waals surface area (Å²) < 4.78 is 29.4. The van der Waals surface area contributed by atoms with Gasteiger partial charge in [-0.1, -0.05) is 0 Å². The van der Waals surface area contributed by atoms with Crippen LogP contribution in [0.4, 0.5) is 0 Å². The number of hydrogen-bond donors (Lipinski definition) is 1. The Bertz CT molecular complexity index is 469. The number of aromatic amines is 1. The zero-order valence-electron chi connectivity index (χ0n) is 10.4. The summed E-state index contributed by atoms with van der Waals surface area (Å²) >= 11 is 0. The molecule has 0 aliphatic rings. The monoisotopic (exact) mass is 275 g/mol. The minimum absolute atomic E-state index is 0.0730. The maximum atomic E-state index is 11.9. The summed E-state index contributed by atoms with van der Waals surface area (Å²) in [5.74, 6) is -0.473. The van der Waals surface area contributed by atoms with Crippen LogP contribution in [0.15, 0.2) is 12.4 Å². The number of aromatic nitrogens is 2. The highest BCUT2D eigenvalue weighted by atomic mass is 32.2. The molecule has 1 aromatic rings. The first-order chi connectivity index (χ1) is 8.45. The van der Waals surface area contributed by atoms with Crippen molar-refractivity contribution in [2.75, 3.05) is 19.9 Å². The molecule has 0 aromatic carbocycles. The lowest BCUT2D eigenvalue weighted by atomic mass is 10.3. The second-order valence-electron chi connectivity index (χ2n) is 3.86. The quantitative estimate of drug-likeness (QED) is 0.714. The summed E-state index contributed by atoms with van der Waals surface area (Å²) in [7, 11) is -0.576. The van der Waals surface area contributed by atoms with Crippen LogP contribution in [0.5, 0.6) is 0 Å². The first-order valence-corrected chi connectivity index (χ1v) is 7.05. The Kier molecular flexibility index (Phi) is 5.29. The van der Waals surface area contributed by atoms with Crippen molar-refractivity contribution in [2.45, 2.75) is 19.4 Å². The predicted octanol–water partition coefficient (Wildman–Crippen LogP) is 0.124. The van der Waals surface area contributed by atoms with Crippen LogP contribution >= 0.6 is 0 Å². The van der Waals surface area contributed by atoms with Gasteiger partial charge in [-0.2, -0.15) is 5.10 Å². The molecule has 1 aromatic heterocycles. The molecule has 0 saturated carbocycles. The average molecular weight is 275 g/mol. The number of carbonyl (C=O) groups excluding carboxylic acids is 1. The van der Waals surface area contributed by atoms with E-state index in [9.17, 15) is 13.2 Å². The van der Waals surface area contributed by atoms with Gasteiger partial charge in [-0.25, -0.2) is 12.7 Å². The summed E-state index contributed by atoms with van der Waals surface area (Å²) in [6, 6.07) is 0. The molecule has 0 aliphatic carbocycles. The van der Waals surface area contributed by atoms with E-state index in [1.54, 1.807) is 12.4 Å². The standard InChI is InChI=1S/C10H17N3O4S/c1-13(8-9-6-11-12-7-9)18(15,16)5-3-4-10(14)17-2/h6-7H,3-5,8H2,1-2H3,(H,11,12). The van der Waals surface area contributed by atoms with E-state index in [0.29, 0.717) is 0 Å². The van der Waals surface area contributed by atoms with Crippen molar-refractivity contribution in [3.05, 3.63) is 18.0 Å². The third-order valence-electron chi connectivity index (χ3n) is 2.45. The third-order valence-corrected chi connectivity index (χ3v) is 4.33. The van der Waals surface area contributed by atoms with Gasteiger partial charge in [0.1, 0.15) is 0 Å². The van der Waals surface area contributed by atoms with Crippen molar-refractivity contribution in [1.29, 1.82) is 0 Å². The van der Waals surface area contributed by atoms with Gasteiger partial charge in [0, 0.05) is 31.8 Å². The smallest absolute Gasteiger partial charge is 0.305 e. The van der Waals surface area contributed by atoms with Crippen LogP contribution in [0.3, 0.4) is 0 Å². The van der Waals surface area contributed by atoms with Crippen molar-refractivity contribution in [3.8, 4) is 0 Å². The number of H-pyrrole nitrogens is 1. The highest BCUT2D eigenvalue weighted by Crippen LogP contribution is 2.08. The Morgan fingerprint density at radius 3 is 2.83 bits per heavy atom. The average Bonchev–Trinajstić information content (AvgIpc) is 2.81. The zero-order chi connectivity index (χ0) is 13.6. The highest BCUT2D eigenvalue weighted by molar-refractivity contribution is 7.89. The van der Waals surface area contributed by atoms with Crippen molar-refractivity contribution in [3.63, 3.8) is 0 Å². The number of nitrogens with zero attached hydrogens (tertiary/aromatic N) is 2. The molecule has 8 heteroatoms. The van der Waals surface area contributed by atoms with Gasteiger partial charge in [0.2, 0.25) is 10.0 Å². The fraction of sp³-hybridized carbons (Fsp3) is 0.600. The maximum absolute atomic E-state index is 11.9. The summed E-state index contributed by atoms with van der Waals surface area (Å²) in [6.45, 7) is 0.261. The molecular weight excluding hydrogens is 258 g/mol. The number of hydrogen-bond acceptors (Lipinski definition) is 5. The molecule has 18 heavy (non-hydrogen) atoms. The largest absolute Gasteiger partial charge is 0.469 e. The normalized spacial score (nSPS) is 11.7. The van der Waals surface area contributed by atoms with Crippen LogP contribution in [-0.4, -0.2) is 48.8 Å². The van der Waals surface area contributed by atoms with Gasteiger partial charge in [-0.15, -0.1) is 0 Å². The summed E-state index contributed by atoms with van der Waals surface area (Å²) in [4.78, 5) is 10.9. The minimum Gasteiger partial charge on any atom is -0.469 e. The van der Waals surface area contributed by atoms with Crippen molar-refractivity contribution in [1.82, 2.24) is 14.5 Å². The molecule has 1 heterocycles. The molecule has 0 atom stereocenters. The van der Waals surface area contributed by atoms with E-state index in [-0.39, 0.29) is 25.1 Å². The molecule has 0 bridgehead atoms. The maximum Gasteiger partial charge on any atom is 0.305 e. The second kappa shape index (κ2) is 6.50. The molecule has 7 nitrogen and oxygen atoms in total. The lowest BCUT2D eigenvalue weighted by molar-refractivity contribution is -0.140. The number of rotatable bonds is 7. The zero-order valence-corrected chi connectivity index (χ0v) is 11.2. The van der Waals surface area contributed by atoms with E-state index >= 15 is 0 Å². The van der Waals surface area contributed by atoms with Gasteiger partial charge >= 0.3 is 5.97 Å². The minimum atomic E-state index is -3.36. The summed E-state index contributed by atoms with van der Waals surface area (Å²) in [5, 5.41) is 6.37.